The lowest BCUT2D eigenvalue weighted by Gasteiger charge is -2.10. The van der Waals surface area contributed by atoms with Crippen molar-refractivity contribution in [2.75, 3.05) is 0 Å². The molecule has 23 heavy (non-hydrogen) atoms. The molecule has 0 nitrogen and oxygen atoms in total. The zero-order valence-electron chi connectivity index (χ0n) is 14.4. The molecule has 3 aromatic rings. The molecule has 3 rings (SSSR count). The number of aryl methyl sites for hydroxylation is 2. The Morgan fingerprint density at radius 3 is 1.70 bits per heavy atom. The van der Waals surface area contributed by atoms with Crippen LogP contribution < -0.4 is 0 Å². The van der Waals surface area contributed by atoms with E-state index in [9.17, 15) is 0 Å². The molecule has 0 bridgehead atoms. The second-order valence-electron chi connectivity index (χ2n) is 6.67. The Bertz CT molecular complexity index is 790. The summed E-state index contributed by atoms with van der Waals surface area (Å²) in [4.78, 5) is 0. The van der Waals surface area contributed by atoms with E-state index in [0.717, 1.165) is 0 Å². The molecule has 0 saturated carbocycles. The van der Waals surface area contributed by atoms with Crippen molar-refractivity contribution in [3.05, 3.63) is 83.4 Å². The van der Waals surface area contributed by atoms with Crippen molar-refractivity contribution in [3.8, 4) is 22.3 Å². The van der Waals surface area contributed by atoms with E-state index >= 15 is 0 Å². The van der Waals surface area contributed by atoms with Crippen molar-refractivity contribution in [1.82, 2.24) is 0 Å². The topological polar surface area (TPSA) is 0 Å². The van der Waals surface area contributed by atoms with Crippen molar-refractivity contribution in [1.29, 1.82) is 0 Å². The predicted octanol–water partition coefficient (Wildman–Crippen LogP) is 6.76. The molecule has 0 saturated heterocycles. The van der Waals surface area contributed by atoms with Gasteiger partial charge in [0.1, 0.15) is 0 Å². The van der Waals surface area contributed by atoms with Gasteiger partial charge in [0.05, 0.1) is 0 Å². The fourth-order valence-electron chi connectivity index (χ4n) is 2.95. The van der Waals surface area contributed by atoms with Crippen LogP contribution in [-0.4, -0.2) is 0 Å². The molecule has 3 aromatic carbocycles. The smallest absolute Gasteiger partial charge is 0.0152 e. The molecule has 0 aliphatic rings. The monoisotopic (exact) mass is 300 g/mol. The second-order valence-corrected chi connectivity index (χ2v) is 6.67. The summed E-state index contributed by atoms with van der Waals surface area (Å²) >= 11 is 0. The molecular weight excluding hydrogens is 276 g/mol. The molecule has 0 unspecified atom stereocenters. The van der Waals surface area contributed by atoms with Crippen molar-refractivity contribution in [2.24, 2.45) is 0 Å². The van der Waals surface area contributed by atoms with Gasteiger partial charge in [-0.3, -0.25) is 0 Å². The largest absolute Gasteiger partial charge is 0.0590 e. The lowest BCUT2D eigenvalue weighted by atomic mass is 9.95. The first kappa shape index (κ1) is 15.6. The minimum absolute atomic E-state index is 0.579. The first-order chi connectivity index (χ1) is 11.0. The van der Waals surface area contributed by atoms with E-state index in [4.69, 9.17) is 0 Å². The number of rotatable bonds is 3. The maximum Gasteiger partial charge on any atom is -0.0152 e. The minimum Gasteiger partial charge on any atom is -0.0590 e. The Hall–Kier alpha value is -2.34. The molecule has 0 aliphatic carbocycles. The van der Waals surface area contributed by atoms with Gasteiger partial charge in [-0.05, 0) is 53.1 Å². The van der Waals surface area contributed by atoms with Crippen molar-refractivity contribution in [2.45, 2.75) is 33.6 Å². The van der Waals surface area contributed by atoms with Crippen LogP contribution in [-0.2, 0) is 0 Å². The molecule has 0 fully saturated rings. The average molecular weight is 300 g/mol. The first-order valence-electron chi connectivity index (χ1n) is 8.32. The Balaban J connectivity index is 1.91. The van der Waals surface area contributed by atoms with Crippen LogP contribution in [0, 0.1) is 13.8 Å². The summed E-state index contributed by atoms with van der Waals surface area (Å²) in [6.45, 7) is 8.78. The third-order valence-corrected chi connectivity index (χ3v) is 4.50. The van der Waals surface area contributed by atoms with Gasteiger partial charge < -0.3 is 0 Å². The number of benzene rings is 3. The average Bonchev–Trinajstić information content (AvgIpc) is 2.57. The highest BCUT2D eigenvalue weighted by atomic mass is 14.1. The van der Waals surface area contributed by atoms with Gasteiger partial charge in [0.2, 0.25) is 0 Å². The Kier molecular flexibility index (Phi) is 4.34. The fourth-order valence-corrected chi connectivity index (χ4v) is 2.95. The predicted molar refractivity (Wildman–Crippen MR) is 101 cm³/mol. The summed E-state index contributed by atoms with van der Waals surface area (Å²) in [5.41, 5.74) is 9.18. The third-order valence-electron chi connectivity index (χ3n) is 4.50. The zero-order valence-corrected chi connectivity index (χ0v) is 14.4. The van der Waals surface area contributed by atoms with E-state index in [2.05, 4.69) is 94.4 Å². The van der Waals surface area contributed by atoms with Crippen molar-refractivity contribution in [3.63, 3.8) is 0 Å². The summed E-state index contributed by atoms with van der Waals surface area (Å²) < 4.78 is 0. The van der Waals surface area contributed by atoms with E-state index in [0.29, 0.717) is 5.92 Å². The van der Waals surface area contributed by atoms with Gasteiger partial charge in [-0.1, -0.05) is 86.1 Å². The number of hydrogen-bond acceptors (Lipinski definition) is 0. The molecule has 116 valence electrons. The van der Waals surface area contributed by atoms with Gasteiger partial charge >= 0.3 is 0 Å². The lowest BCUT2D eigenvalue weighted by Crippen LogP contribution is -1.87. The summed E-state index contributed by atoms with van der Waals surface area (Å²) in [5.74, 6) is 0.579. The molecule has 0 aromatic heterocycles. The van der Waals surface area contributed by atoms with Crippen molar-refractivity contribution >= 4 is 0 Å². The molecule has 0 radical (unpaired) electrons. The SMILES string of the molecule is Cc1ccc(C)c(-c2ccc(-c3ccc(C(C)C)cc3)cc2)c1. The Labute approximate surface area is 139 Å². The van der Waals surface area contributed by atoms with E-state index < -0.39 is 0 Å². The van der Waals surface area contributed by atoms with E-state index in [1.807, 2.05) is 0 Å². The first-order valence-corrected chi connectivity index (χ1v) is 8.32. The third kappa shape index (κ3) is 3.37. The summed E-state index contributed by atoms with van der Waals surface area (Å²) in [6.07, 6.45) is 0. The van der Waals surface area contributed by atoms with Gasteiger partial charge in [-0.2, -0.15) is 0 Å². The Morgan fingerprint density at radius 2 is 1.13 bits per heavy atom. The van der Waals surface area contributed by atoms with Crippen LogP contribution in [0.2, 0.25) is 0 Å². The standard InChI is InChI=1S/C23H24/c1-16(2)19-7-9-20(10-8-19)21-11-13-22(14-12-21)23-15-17(3)5-6-18(23)4/h5-16H,1-4H3. The van der Waals surface area contributed by atoms with Gasteiger partial charge in [0.15, 0.2) is 0 Å². The highest BCUT2D eigenvalue weighted by Crippen LogP contribution is 2.28. The van der Waals surface area contributed by atoms with Crippen LogP contribution in [0.5, 0.6) is 0 Å². The van der Waals surface area contributed by atoms with E-state index in [1.165, 1.54) is 38.9 Å². The van der Waals surface area contributed by atoms with Crippen LogP contribution in [0.3, 0.4) is 0 Å². The molecule has 0 aliphatic heterocycles. The summed E-state index contributed by atoms with van der Waals surface area (Å²) in [6, 6.07) is 24.5. The van der Waals surface area contributed by atoms with Crippen LogP contribution >= 0.6 is 0 Å². The molecule has 0 heteroatoms. The zero-order chi connectivity index (χ0) is 16.4. The van der Waals surface area contributed by atoms with E-state index in [-0.39, 0.29) is 0 Å². The highest BCUT2D eigenvalue weighted by Gasteiger charge is 2.04. The quantitative estimate of drug-likeness (QED) is 0.501. The van der Waals surface area contributed by atoms with Crippen LogP contribution in [0.15, 0.2) is 66.7 Å². The van der Waals surface area contributed by atoms with Gasteiger partial charge in [0.25, 0.3) is 0 Å². The van der Waals surface area contributed by atoms with Crippen LogP contribution in [0.25, 0.3) is 22.3 Å². The molecule has 0 N–H and O–H groups in total. The van der Waals surface area contributed by atoms with E-state index in [1.54, 1.807) is 0 Å². The van der Waals surface area contributed by atoms with Crippen LogP contribution in [0.4, 0.5) is 0 Å². The van der Waals surface area contributed by atoms with Gasteiger partial charge in [-0.15, -0.1) is 0 Å². The maximum atomic E-state index is 2.27. The minimum atomic E-state index is 0.579. The fraction of sp³-hybridized carbons (Fsp3) is 0.217. The molecule has 0 spiro atoms. The molecular formula is C23H24. The highest BCUT2D eigenvalue weighted by molar-refractivity contribution is 5.72. The second kappa shape index (κ2) is 6.42. The molecule has 0 heterocycles. The molecule has 0 atom stereocenters. The summed E-state index contributed by atoms with van der Waals surface area (Å²) in [5, 5.41) is 0. The van der Waals surface area contributed by atoms with Crippen molar-refractivity contribution < 1.29 is 0 Å². The maximum absolute atomic E-state index is 2.27. The van der Waals surface area contributed by atoms with Crippen LogP contribution in [0.1, 0.15) is 36.5 Å². The Morgan fingerprint density at radius 1 is 0.609 bits per heavy atom. The molecule has 0 amide bonds. The van der Waals surface area contributed by atoms with Gasteiger partial charge in [-0.25, -0.2) is 0 Å². The van der Waals surface area contributed by atoms with Gasteiger partial charge in [0, 0.05) is 0 Å². The normalized spacial score (nSPS) is 11.0. The lowest BCUT2D eigenvalue weighted by molar-refractivity contribution is 0.867. The summed E-state index contributed by atoms with van der Waals surface area (Å²) in [7, 11) is 0. The number of hydrogen-bond donors (Lipinski definition) is 0.